The van der Waals surface area contributed by atoms with Crippen molar-refractivity contribution in [1.29, 1.82) is 0 Å². The number of rotatable bonds is 4. The van der Waals surface area contributed by atoms with Gasteiger partial charge in [0.1, 0.15) is 0 Å². The number of nitrogens with one attached hydrogen (secondary N) is 1. The summed E-state index contributed by atoms with van der Waals surface area (Å²) in [5.74, 6) is 0.859. The van der Waals surface area contributed by atoms with Crippen molar-refractivity contribution in [2.45, 2.75) is 52.4 Å². The fourth-order valence-electron chi connectivity index (χ4n) is 2.11. The average Bonchev–Trinajstić information content (AvgIpc) is 2.67. The highest BCUT2D eigenvalue weighted by atomic mass is 32.1. The molecule has 4 heteroatoms. The first-order valence-electron chi connectivity index (χ1n) is 6.47. The van der Waals surface area contributed by atoms with Crippen LogP contribution < -0.4 is 5.32 Å². The van der Waals surface area contributed by atoms with Crippen LogP contribution in [0.2, 0.25) is 0 Å². The molecular formula is C13H20N2OS. The van der Waals surface area contributed by atoms with Crippen molar-refractivity contribution in [2.24, 2.45) is 5.92 Å². The zero-order chi connectivity index (χ0) is 12.3. The Morgan fingerprint density at radius 2 is 2.41 bits per heavy atom. The maximum absolute atomic E-state index is 11.6. The van der Waals surface area contributed by atoms with Crippen molar-refractivity contribution in [3.05, 3.63) is 10.6 Å². The summed E-state index contributed by atoms with van der Waals surface area (Å²) in [6, 6.07) is 0. The zero-order valence-electron chi connectivity index (χ0n) is 10.6. The molecular weight excluding hydrogens is 232 g/mol. The number of anilines is 1. The topological polar surface area (TPSA) is 42.0 Å². The molecule has 0 saturated heterocycles. The number of aryl methyl sites for hydroxylation is 1. The summed E-state index contributed by atoms with van der Waals surface area (Å²) in [6.45, 7) is 4.37. The van der Waals surface area contributed by atoms with Gasteiger partial charge in [-0.15, -0.1) is 11.3 Å². The number of hydrogen-bond acceptors (Lipinski definition) is 3. The van der Waals surface area contributed by atoms with Gasteiger partial charge in [-0.2, -0.15) is 0 Å². The SMILES string of the molecule is CCCCC(=O)Nc1nc2c(s1)C[C@H](C)CC2. The summed E-state index contributed by atoms with van der Waals surface area (Å²) in [4.78, 5) is 17.5. The molecule has 0 aromatic carbocycles. The van der Waals surface area contributed by atoms with E-state index >= 15 is 0 Å². The number of unbranched alkanes of at least 4 members (excludes halogenated alkanes) is 1. The third-order valence-electron chi connectivity index (χ3n) is 3.19. The van der Waals surface area contributed by atoms with Crippen LogP contribution in [0, 0.1) is 5.92 Å². The van der Waals surface area contributed by atoms with E-state index in [9.17, 15) is 4.79 Å². The number of nitrogens with zero attached hydrogens (tertiary/aromatic N) is 1. The summed E-state index contributed by atoms with van der Waals surface area (Å²) in [5, 5.41) is 3.71. The largest absolute Gasteiger partial charge is 0.302 e. The first-order chi connectivity index (χ1) is 8.19. The van der Waals surface area contributed by atoms with E-state index < -0.39 is 0 Å². The second-order valence-electron chi connectivity index (χ2n) is 4.89. The Bertz CT molecular complexity index is 400. The molecule has 1 atom stereocenters. The zero-order valence-corrected chi connectivity index (χ0v) is 11.4. The monoisotopic (exact) mass is 252 g/mol. The van der Waals surface area contributed by atoms with Gasteiger partial charge >= 0.3 is 0 Å². The smallest absolute Gasteiger partial charge is 0.226 e. The number of fused-ring (bicyclic) bond motifs is 1. The van der Waals surface area contributed by atoms with E-state index in [1.807, 2.05) is 0 Å². The third-order valence-corrected chi connectivity index (χ3v) is 4.23. The van der Waals surface area contributed by atoms with Gasteiger partial charge in [-0.3, -0.25) is 4.79 Å². The second kappa shape index (κ2) is 5.63. The molecule has 1 amide bonds. The lowest BCUT2D eigenvalue weighted by atomic mass is 9.93. The minimum atomic E-state index is 0.103. The summed E-state index contributed by atoms with van der Waals surface area (Å²) in [6.07, 6.45) is 6.03. The van der Waals surface area contributed by atoms with Gasteiger partial charge in [0.05, 0.1) is 5.69 Å². The van der Waals surface area contributed by atoms with Crippen LogP contribution in [0.15, 0.2) is 0 Å². The molecule has 1 heterocycles. The first kappa shape index (κ1) is 12.6. The molecule has 3 nitrogen and oxygen atoms in total. The van der Waals surface area contributed by atoms with Crippen LogP contribution in [0.3, 0.4) is 0 Å². The van der Waals surface area contributed by atoms with Crippen LogP contribution in [-0.2, 0) is 17.6 Å². The van der Waals surface area contributed by atoms with Crippen molar-refractivity contribution in [3.8, 4) is 0 Å². The van der Waals surface area contributed by atoms with Crippen molar-refractivity contribution >= 4 is 22.4 Å². The van der Waals surface area contributed by atoms with Crippen LogP contribution in [0.4, 0.5) is 5.13 Å². The lowest BCUT2D eigenvalue weighted by Crippen LogP contribution is -2.11. The number of thiazole rings is 1. The molecule has 0 radical (unpaired) electrons. The fraction of sp³-hybridized carbons (Fsp3) is 0.692. The van der Waals surface area contributed by atoms with Gasteiger partial charge in [0.25, 0.3) is 0 Å². The molecule has 0 unspecified atom stereocenters. The van der Waals surface area contributed by atoms with E-state index in [4.69, 9.17) is 0 Å². The van der Waals surface area contributed by atoms with E-state index in [0.717, 1.165) is 36.7 Å². The summed E-state index contributed by atoms with van der Waals surface area (Å²) in [7, 11) is 0. The minimum absolute atomic E-state index is 0.103. The van der Waals surface area contributed by atoms with Crippen molar-refractivity contribution < 1.29 is 4.79 Å². The Hall–Kier alpha value is -0.900. The lowest BCUT2D eigenvalue weighted by Gasteiger charge is -2.15. The van der Waals surface area contributed by atoms with Crippen LogP contribution in [0.1, 0.15) is 50.1 Å². The van der Waals surface area contributed by atoms with E-state index in [1.165, 1.54) is 17.0 Å². The van der Waals surface area contributed by atoms with E-state index in [0.29, 0.717) is 6.42 Å². The van der Waals surface area contributed by atoms with Crippen molar-refractivity contribution in [3.63, 3.8) is 0 Å². The number of aromatic nitrogens is 1. The molecule has 17 heavy (non-hydrogen) atoms. The molecule has 1 aliphatic carbocycles. The number of carbonyl (C=O) groups is 1. The number of hydrogen-bond donors (Lipinski definition) is 1. The molecule has 0 fully saturated rings. The van der Waals surface area contributed by atoms with Gasteiger partial charge in [0.15, 0.2) is 5.13 Å². The maximum atomic E-state index is 11.6. The van der Waals surface area contributed by atoms with Gasteiger partial charge in [0, 0.05) is 11.3 Å². The second-order valence-corrected chi connectivity index (χ2v) is 5.97. The van der Waals surface area contributed by atoms with Crippen LogP contribution in [-0.4, -0.2) is 10.9 Å². The average molecular weight is 252 g/mol. The predicted octanol–water partition coefficient (Wildman–Crippen LogP) is 3.40. The highest BCUT2D eigenvalue weighted by molar-refractivity contribution is 7.15. The summed E-state index contributed by atoms with van der Waals surface area (Å²) < 4.78 is 0. The fourth-order valence-corrected chi connectivity index (χ4v) is 3.30. The summed E-state index contributed by atoms with van der Waals surface area (Å²) >= 11 is 1.66. The quantitative estimate of drug-likeness (QED) is 0.892. The van der Waals surface area contributed by atoms with Crippen LogP contribution in [0.25, 0.3) is 0 Å². The molecule has 0 spiro atoms. The third kappa shape index (κ3) is 3.28. The molecule has 1 aromatic heterocycles. The molecule has 0 saturated carbocycles. The number of carbonyl (C=O) groups excluding carboxylic acids is 1. The van der Waals surface area contributed by atoms with E-state index in [1.54, 1.807) is 11.3 Å². The Kier molecular flexibility index (Phi) is 4.15. The first-order valence-corrected chi connectivity index (χ1v) is 7.29. The van der Waals surface area contributed by atoms with E-state index in [-0.39, 0.29) is 5.91 Å². The van der Waals surface area contributed by atoms with Gasteiger partial charge in [-0.25, -0.2) is 4.98 Å². The Labute approximate surface area is 107 Å². The predicted molar refractivity (Wildman–Crippen MR) is 71.5 cm³/mol. The van der Waals surface area contributed by atoms with Crippen LogP contribution in [0.5, 0.6) is 0 Å². The molecule has 2 rings (SSSR count). The molecule has 1 aliphatic rings. The summed E-state index contributed by atoms with van der Waals surface area (Å²) in [5.41, 5.74) is 1.21. The Morgan fingerprint density at radius 1 is 1.59 bits per heavy atom. The highest BCUT2D eigenvalue weighted by Gasteiger charge is 2.20. The van der Waals surface area contributed by atoms with E-state index in [2.05, 4.69) is 24.1 Å². The molecule has 1 N–H and O–H groups in total. The van der Waals surface area contributed by atoms with Gasteiger partial charge in [-0.05, 0) is 31.6 Å². The highest BCUT2D eigenvalue weighted by Crippen LogP contribution is 2.32. The Balaban J connectivity index is 1.96. The normalized spacial score (nSPS) is 18.8. The standard InChI is InChI=1S/C13H20N2OS/c1-3-4-5-12(16)15-13-14-10-7-6-9(2)8-11(10)17-13/h9H,3-8H2,1-2H3,(H,14,15,16)/t9-/m1/s1. The minimum Gasteiger partial charge on any atom is -0.302 e. The van der Waals surface area contributed by atoms with Gasteiger partial charge in [-0.1, -0.05) is 20.3 Å². The van der Waals surface area contributed by atoms with Crippen molar-refractivity contribution in [2.75, 3.05) is 5.32 Å². The Morgan fingerprint density at radius 3 is 3.18 bits per heavy atom. The van der Waals surface area contributed by atoms with Crippen LogP contribution >= 0.6 is 11.3 Å². The molecule has 0 bridgehead atoms. The molecule has 0 aliphatic heterocycles. The maximum Gasteiger partial charge on any atom is 0.226 e. The lowest BCUT2D eigenvalue weighted by molar-refractivity contribution is -0.116. The van der Waals surface area contributed by atoms with Gasteiger partial charge < -0.3 is 5.32 Å². The molecule has 1 aromatic rings. The van der Waals surface area contributed by atoms with Crippen molar-refractivity contribution in [1.82, 2.24) is 4.98 Å². The molecule has 94 valence electrons. The number of amides is 1. The van der Waals surface area contributed by atoms with Gasteiger partial charge in [0.2, 0.25) is 5.91 Å².